The van der Waals surface area contributed by atoms with E-state index in [1.807, 2.05) is 0 Å². The molecule has 0 bridgehead atoms. The standard InChI is InChI=1S/C9H7NO3/c11-6-10-7-13-9(12)8-4-2-1-3-5-8/h1-5H,7H2. The summed E-state index contributed by atoms with van der Waals surface area (Å²) in [7, 11) is 0. The molecule has 0 heterocycles. The van der Waals surface area contributed by atoms with E-state index in [1.54, 1.807) is 30.3 Å². The van der Waals surface area contributed by atoms with E-state index >= 15 is 0 Å². The Morgan fingerprint density at radius 3 is 2.69 bits per heavy atom. The minimum absolute atomic E-state index is 0.281. The van der Waals surface area contributed by atoms with Gasteiger partial charge in [0, 0.05) is 0 Å². The molecule has 0 amide bonds. The maximum absolute atomic E-state index is 11.1. The van der Waals surface area contributed by atoms with Gasteiger partial charge in [0.2, 0.25) is 6.08 Å². The zero-order valence-electron chi connectivity index (χ0n) is 6.77. The summed E-state index contributed by atoms with van der Waals surface area (Å²) >= 11 is 0. The first-order valence-corrected chi connectivity index (χ1v) is 3.60. The number of rotatable bonds is 3. The Morgan fingerprint density at radius 2 is 2.08 bits per heavy atom. The van der Waals surface area contributed by atoms with Gasteiger partial charge in [-0.1, -0.05) is 18.2 Å². The van der Waals surface area contributed by atoms with Crippen LogP contribution in [0.1, 0.15) is 10.4 Å². The van der Waals surface area contributed by atoms with Crippen LogP contribution in [-0.2, 0) is 9.53 Å². The molecule has 0 saturated heterocycles. The fourth-order valence-corrected chi connectivity index (χ4v) is 0.775. The van der Waals surface area contributed by atoms with Crippen molar-refractivity contribution in [3.63, 3.8) is 0 Å². The number of esters is 1. The van der Waals surface area contributed by atoms with Gasteiger partial charge >= 0.3 is 5.97 Å². The van der Waals surface area contributed by atoms with Crippen molar-refractivity contribution in [1.29, 1.82) is 0 Å². The number of aliphatic imine (C=N–C) groups is 1. The average Bonchev–Trinajstić information content (AvgIpc) is 2.19. The highest BCUT2D eigenvalue weighted by Crippen LogP contribution is 2.00. The van der Waals surface area contributed by atoms with Crippen LogP contribution in [0.3, 0.4) is 0 Å². The third-order valence-electron chi connectivity index (χ3n) is 1.33. The highest BCUT2D eigenvalue weighted by Gasteiger charge is 2.03. The minimum atomic E-state index is -0.500. The van der Waals surface area contributed by atoms with E-state index in [-0.39, 0.29) is 6.73 Å². The van der Waals surface area contributed by atoms with Crippen LogP contribution in [0.4, 0.5) is 0 Å². The second-order valence-corrected chi connectivity index (χ2v) is 2.18. The van der Waals surface area contributed by atoms with Gasteiger partial charge in [0.15, 0.2) is 6.73 Å². The lowest BCUT2D eigenvalue weighted by Crippen LogP contribution is -2.04. The van der Waals surface area contributed by atoms with Gasteiger partial charge < -0.3 is 4.74 Å². The van der Waals surface area contributed by atoms with Gasteiger partial charge in [0.1, 0.15) is 0 Å². The topological polar surface area (TPSA) is 55.7 Å². The molecule has 0 saturated carbocycles. The number of ether oxygens (including phenoxy) is 1. The zero-order chi connectivity index (χ0) is 9.52. The largest absolute Gasteiger partial charge is 0.438 e. The molecule has 1 aromatic rings. The summed E-state index contributed by atoms with van der Waals surface area (Å²) in [6.45, 7) is -0.281. The van der Waals surface area contributed by atoms with Gasteiger partial charge in [-0.05, 0) is 12.1 Å². The smallest absolute Gasteiger partial charge is 0.339 e. The molecule has 0 aromatic heterocycles. The van der Waals surface area contributed by atoms with E-state index in [1.165, 1.54) is 6.08 Å². The van der Waals surface area contributed by atoms with E-state index in [0.29, 0.717) is 5.56 Å². The Hall–Kier alpha value is -1.93. The molecule has 66 valence electrons. The molecule has 0 radical (unpaired) electrons. The lowest BCUT2D eigenvalue weighted by atomic mass is 10.2. The van der Waals surface area contributed by atoms with Crippen LogP contribution < -0.4 is 0 Å². The Morgan fingerprint density at radius 1 is 1.38 bits per heavy atom. The molecular formula is C9H7NO3. The van der Waals surface area contributed by atoms with E-state index in [9.17, 15) is 9.59 Å². The molecule has 0 aliphatic heterocycles. The second kappa shape index (κ2) is 4.85. The third-order valence-corrected chi connectivity index (χ3v) is 1.33. The summed E-state index contributed by atoms with van der Waals surface area (Å²) < 4.78 is 4.60. The van der Waals surface area contributed by atoms with Crippen LogP contribution in [-0.4, -0.2) is 18.8 Å². The van der Waals surface area contributed by atoms with Gasteiger partial charge in [0.05, 0.1) is 5.56 Å². The first kappa shape index (κ1) is 9.16. The number of hydrogen-bond acceptors (Lipinski definition) is 4. The number of nitrogens with zero attached hydrogens (tertiary/aromatic N) is 1. The average molecular weight is 177 g/mol. The molecule has 0 aliphatic rings. The molecule has 1 rings (SSSR count). The van der Waals surface area contributed by atoms with Crippen molar-refractivity contribution in [1.82, 2.24) is 0 Å². The summed E-state index contributed by atoms with van der Waals surface area (Å²) in [5.41, 5.74) is 0.434. The molecule has 4 nitrogen and oxygen atoms in total. The van der Waals surface area contributed by atoms with Crippen molar-refractivity contribution < 1.29 is 14.3 Å². The molecule has 0 atom stereocenters. The molecule has 0 spiro atoms. The lowest BCUT2D eigenvalue weighted by Gasteiger charge is -1.98. The summed E-state index contributed by atoms with van der Waals surface area (Å²) in [4.78, 5) is 23.8. The quantitative estimate of drug-likeness (QED) is 0.395. The van der Waals surface area contributed by atoms with E-state index in [2.05, 4.69) is 9.73 Å². The number of isocyanates is 1. The molecule has 0 N–H and O–H groups in total. The minimum Gasteiger partial charge on any atom is -0.438 e. The fraction of sp³-hybridized carbons (Fsp3) is 0.111. The van der Waals surface area contributed by atoms with Crippen molar-refractivity contribution in [3.8, 4) is 0 Å². The maximum atomic E-state index is 11.1. The van der Waals surface area contributed by atoms with E-state index in [4.69, 9.17) is 0 Å². The highest BCUT2D eigenvalue weighted by molar-refractivity contribution is 5.89. The molecule has 0 fully saturated rings. The Bertz CT molecular complexity index is 328. The molecule has 13 heavy (non-hydrogen) atoms. The summed E-state index contributed by atoms with van der Waals surface area (Å²) in [5.74, 6) is -0.500. The van der Waals surface area contributed by atoms with Crippen LogP contribution >= 0.6 is 0 Å². The van der Waals surface area contributed by atoms with Crippen molar-refractivity contribution in [2.75, 3.05) is 6.73 Å². The molecule has 1 aromatic carbocycles. The van der Waals surface area contributed by atoms with Crippen molar-refractivity contribution in [2.24, 2.45) is 4.99 Å². The molecule has 0 aliphatic carbocycles. The number of carbonyl (C=O) groups is 1. The van der Waals surface area contributed by atoms with Crippen molar-refractivity contribution >= 4 is 12.0 Å². The molecule has 4 heteroatoms. The third kappa shape index (κ3) is 2.89. The van der Waals surface area contributed by atoms with Gasteiger partial charge in [-0.3, -0.25) is 0 Å². The second-order valence-electron chi connectivity index (χ2n) is 2.18. The Labute approximate surface area is 74.9 Å². The Kier molecular flexibility index (Phi) is 3.42. The summed E-state index contributed by atoms with van der Waals surface area (Å²) in [6, 6.07) is 8.47. The summed E-state index contributed by atoms with van der Waals surface area (Å²) in [5, 5.41) is 0. The van der Waals surface area contributed by atoms with Crippen LogP contribution in [0.15, 0.2) is 35.3 Å². The highest BCUT2D eigenvalue weighted by atomic mass is 16.5. The van der Waals surface area contributed by atoms with Gasteiger partial charge in [0.25, 0.3) is 0 Å². The first-order valence-electron chi connectivity index (χ1n) is 3.60. The first-order chi connectivity index (χ1) is 6.34. The van der Waals surface area contributed by atoms with Crippen LogP contribution in [0.5, 0.6) is 0 Å². The normalized spacial score (nSPS) is 8.62. The fourth-order valence-electron chi connectivity index (χ4n) is 0.775. The maximum Gasteiger partial charge on any atom is 0.339 e. The van der Waals surface area contributed by atoms with E-state index in [0.717, 1.165) is 0 Å². The van der Waals surface area contributed by atoms with Crippen molar-refractivity contribution in [2.45, 2.75) is 0 Å². The summed E-state index contributed by atoms with van der Waals surface area (Å²) in [6.07, 6.45) is 1.27. The SMILES string of the molecule is O=C=NCOC(=O)c1ccccc1. The zero-order valence-corrected chi connectivity index (χ0v) is 6.77. The van der Waals surface area contributed by atoms with E-state index < -0.39 is 5.97 Å². The van der Waals surface area contributed by atoms with Gasteiger partial charge in [-0.25, -0.2) is 9.59 Å². The molecular weight excluding hydrogens is 170 g/mol. The van der Waals surface area contributed by atoms with Crippen LogP contribution in [0.2, 0.25) is 0 Å². The predicted octanol–water partition coefficient (Wildman–Crippen LogP) is 1.14. The number of benzene rings is 1. The predicted molar refractivity (Wildman–Crippen MR) is 44.8 cm³/mol. The lowest BCUT2D eigenvalue weighted by molar-refractivity contribution is 0.0518. The number of carbonyl (C=O) groups excluding carboxylic acids is 2. The number of hydrogen-bond donors (Lipinski definition) is 0. The molecule has 0 unspecified atom stereocenters. The van der Waals surface area contributed by atoms with Gasteiger partial charge in [-0.2, -0.15) is 4.99 Å². The van der Waals surface area contributed by atoms with Crippen LogP contribution in [0.25, 0.3) is 0 Å². The van der Waals surface area contributed by atoms with Crippen molar-refractivity contribution in [3.05, 3.63) is 35.9 Å². The van der Waals surface area contributed by atoms with Gasteiger partial charge in [-0.15, -0.1) is 0 Å². The monoisotopic (exact) mass is 177 g/mol. The van der Waals surface area contributed by atoms with Crippen LogP contribution in [0, 0.1) is 0 Å². The Balaban J connectivity index is 2.54.